The van der Waals surface area contributed by atoms with E-state index >= 15 is 0 Å². The second-order valence-corrected chi connectivity index (χ2v) is 7.15. The molecule has 1 amide bonds. The molecule has 0 fully saturated rings. The molecule has 0 saturated carbocycles. The Labute approximate surface area is 171 Å². The zero-order valence-corrected chi connectivity index (χ0v) is 17.6. The quantitative estimate of drug-likeness (QED) is 0.565. The Balaban J connectivity index is 1.64. The molecule has 29 heavy (non-hydrogen) atoms. The molecule has 154 valence electrons. The predicted octanol–water partition coefficient (Wildman–Crippen LogP) is 3.14. The molecule has 3 aromatic rings. The molecule has 0 aliphatic carbocycles. The number of nitrogens with zero attached hydrogens (tertiary/aromatic N) is 4. The highest BCUT2D eigenvalue weighted by Gasteiger charge is 2.16. The summed E-state index contributed by atoms with van der Waals surface area (Å²) in [7, 11) is 1.70. The lowest BCUT2D eigenvalue weighted by atomic mass is 10.2. The van der Waals surface area contributed by atoms with Crippen molar-refractivity contribution >= 4 is 5.91 Å². The normalized spacial score (nSPS) is 11.0. The van der Waals surface area contributed by atoms with Crippen LogP contribution in [-0.4, -0.2) is 45.3 Å². The van der Waals surface area contributed by atoms with Crippen molar-refractivity contribution < 1.29 is 9.53 Å². The molecule has 1 N–H and O–H groups in total. The fourth-order valence-electron chi connectivity index (χ4n) is 3.59. The fourth-order valence-corrected chi connectivity index (χ4v) is 3.59. The highest BCUT2D eigenvalue weighted by molar-refractivity contribution is 5.95. The van der Waals surface area contributed by atoms with Crippen LogP contribution >= 0.6 is 0 Å². The van der Waals surface area contributed by atoms with Crippen LogP contribution in [0.25, 0.3) is 11.4 Å². The van der Waals surface area contributed by atoms with Gasteiger partial charge >= 0.3 is 0 Å². The standard InChI is InChI=1S/C22H29N5O2/c1-16-14-20(18(3)26(16)11-5-13-29-4)22(28)24-10-12-27-17(2)15-25-21(27)19-6-8-23-9-7-19/h6-9,14-15H,5,10-13H2,1-4H3,(H,24,28). The van der Waals surface area contributed by atoms with Gasteiger partial charge in [-0.3, -0.25) is 9.78 Å². The Bertz CT molecular complexity index is 959. The first-order valence-electron chi connectivity index (χ1n) is 9.89. The number of nitrogens with one attached hydrogen (secondary N) is 1. The first-order chi connectivity index (χ1) is 14.0. The summed E-state index contributed by atoms with van der Waals surface area (Å²) in [6.07, 6.45) is 6.29. The van der Waals surface area contributed by atoms with Gasteiger partial charge in [0.1, 0.15) is 5.82 Å². The number of aromatic nitrogens is 4. The number of ether oxygens (including phenoxy) is 1. The highest BCUT2D eigenvalue weighted by atomic mass is 16.5. The molecular formula is C22H29N5O2. The maximum absolute atomic E-state index is 12.7. The summed E-state index contributed by atoms with van der Waals surface area (Å²) in [6, 6.07) is 5.84. The maximum Gasteiger partial charge on any atom is 0.253 e. The monoisotopic (exact) mass is 395 g/mol. The molecule has 7 nitrogen and oxygen atoms in total. The molecule has 3 heterocycles. The number of imidazole rings is 1. The first kappa shape index (κ1) is 20.8. The molecule has 0 spiro atoms. The van der Waals surface area contributed by atoms with Crippen molar-refractivity contribution in [3.05, 3.63) is 59.4 Å². The summed E-state index contributed by atoms with van der Waals surface area (Å²) >= 11 is 0. The van der Waals surface area contributed by atoms with E-state index in [2.05, 4.69) is 24.4 Å². The molecule has 0 aliphatic rings. The third kappa shape index (κ3) is 4.74. The van der Waals surface area contributed by atoms with Crippen molar-refractivity contribution in [1.82, 2.24) is 24.4 Å². The SMILES string of the molecule is COCCCn1c(C)cc(C(=O)NCCn2c(C)cnc2-c2ccncc2)c1C. The van der Waals surface area contributed by atoms with Crippen molar-refractivity contribution in [3.63, 3.8) is 0 Å². The van der Waals surface area contributed by atoms with Crippen LogP contribution < -0.4 is 5.32 Å². The summed E-state index contributed by atoms with van der Waals surface area (Å²) in [4.78, 5) is 21.3. The van der Waals surface area contributed by atoms with Crippen LogP contribution in [0.3, 0.4) is 0 Å². The van der Waals surface area contributed by atoms with Gasteiger partial charge in [-0.1, -0.05) is 0 Å². The van der Waals surface area contributed by atoms with Crippen LogP contribution in [0.2, 0.25) is 0 Å². The molecular weight excluding hydrogens is 366 g/mol. The predicted molar refractivity (Wildman–Crippen MR) is 113 cm³/mol. The van der Waals surface area contributed by atoms with Crippen LogP contribution in [0.15, 0.2) is 36.8 Å². The minimum Gasteiger partial charge on any atom is -0.385 e. The Morgan fingerprint density at radius 2 is 1.86 bits per heavy atom. The summed E-state index contributed by atoms with van der Waals surface area (Å²) in [5.74, 6) is 0.842. The minimum absolute atomic E-state index is 0.0423. The van der Waals surface area contributed by atoms with Crippen LogP contribution in [0.1, 0.15) is 33.9 Å². The molecule has 3 rings (SSSR count). The number of hydrogen-bond acceptors (Lipinski definition) is 4. The van der Waals surface area contributed by atoms with Crippen molar-refractivity contribution in [2.45, 2.75) is 40.3 Å². The molecule has 0 bridgehead atoms. The molecule has 0 atom stereocenters. The number of pyridine rings is 1. The summed E-state index contributed by atoms with van der Waals surface area (Å²) in [5, 5.41) is 3.05. The summed E-state index contributed by atoms with van der Waals surface area (Å²) < 4.78 is 9.42. The highest BCUT2D eigenvalue weighted by Crippen LogP contribution is 2.19. The van der Waals surface area contributed by atoms with Crippen LogP contribution in [-0.2, 0) is 17.8 Å². The van der Waals surface area contributed by atoms with E-state index in [4.69, 9.17) is 4.74 Å². The van der Waals surface area contributed by atoms with Crippen molar-refractivity contribution in [3.8, 4) is 11.4 Å². The zero-order chi connectivity index (χ0) is 20.8. The van der Waals surface area contributed by atoms with Gasteiger partial charge in [-0.15, -0.1) is 0 Å². The van der Waals surface area contributed by atoms with E-state index in [0.29, 0.717) is 19.7 Å². The molecule has 0 unspecified atom stereocenters. The van der Waals surface area contributed by atoms with Gasteiger partial charge in [0, 0.05) is 74.6 Å². The smallest absolute Gasteiger partial charge is 0.253 e. The second kappa shape index (κ2) is 9.52. The fraction of sp³-hybridized carbons (Fsp3) is 0.409. The first-order valence-corrected chi connectivity index (χ1v) is 9.89. The summed E-state index contributed by atoms with van der Waals surface area (Å²) in [5.41, 5.74) is 4.89. The van der Waals surface area contributed by atoms with Gasteiger partial charge in [0.2, 0.25) is 0 Å². The largest absolute Gasteiger partial charge is 0.385 e. The van der Waals surface area contributed by atoms with Gasteiger partial charge in [-0.2, -0.15) is 0 Å². The Hall–Kier alpha value is -2.93. The lowest BCUT2D eigenvalue weighted by Gasteiger charge is -2.12. The molecule has 3 aromatic heterocycles. The van der Waals surface area contributed by atoms with Crippen LogP contribution in [0.4, 0.5) is 0 Å². The molecule has 7 heteroatoms. The van der Waals surface area contributed by atoms with Crippen LogP contribution in [0, 0.1) is 20.8 Å². The van der Waals surface area contributed by atoms with E-state index in [-0.39, 0.29) is 5.91 Å². The lowest BCUT2D eigenvalue weighted by Crippen LogP contribution is -2.28. The lowest BCUT2D eigenvalue weighted by molar-refractivity contribution is 0.0951. The third-order valence-corrected chi connectivity index (χ3v) is 5.16. The van der Waals surface area contributed by atoms with E-state index in [0.717, 1.165) is 47.0 Å². The number of amides is 1. The number of aryl methyl sites for hydroxylation is 2. The van der Waals surface area contributed by atoms with Gasteiger partial charge in [0.15, 0.2) is 0 Å². The molecule has 0 aromatic carbocycles. The minimum atomic E-state index is -0.0423. The zero-order valence-electron chi connectivity index (χ0n) is 17.6. The van der Waals surface area contributed by atoms with Gasteiger partial charge in [0.05, 0.1) is 5.56 Å². The average molecular weight is 396 g/mol. The number of carbonyl (C=O) groups excluding carboxylic acids is 1. The molecule has 0 saturated heterocycles. The van der Waals surface area contributed by atoms with Crippen molar-refractivity contribution in [1.29, 1.82) is 0 Å². The van der Waals surface area contributed by atoms with Crippen molar-refractivity contribution in [2.75, 3.05) is 20.3 Å². The Morgan fingerprint density at radius 3 is 2.59 bits per heavy atom. The summed E-state index contributed by atoms with van der Waals surface area (Å²) in [6.45, 7) is 8.80. The maximum atomic E-state index is 12.7. The molecule has 0 aliphatic heterocycles. The van der Waals surface area contributed by atoms with E-state index in [9.17, 15) is 4.79 Å². The number of hydrogen-bond donors (Lipinski definition) is 1. The van der Waals surface area contributed by atoms with Gasteiger partial charge < -0.3 is 19.2 Å². The second-order valence-electron chi connectivity index (χ2n) is 7.15. The van der Waals surface area contributed by atoms with Gasteiger partial charge in [-0.25, -0.2) is 4.98 Å². The Kier molecular flexibility index (Phi) is 6.82. The van der Waals surface area contributed by atoms with Gasteiger partial charge in [-0.05, 0) is 45.4 Å². The number of rotatable bonds is 9. The van der Waals surface area contributed by atoms with E-state index in [1.807, 2.05) is 45.2 Å². The average Bonchev–Trinajstić information content (AvgIpc) is 3.23. The van der Waals surface area contributed by atoms with E-state index in [1.165, 1.54) is 0 Å². The van der Waals surface area contributed by atoms with Crippen LogP contribution in [0.5, 0.6) is 0 Å². The third-order valence-electron chi connectivity index (χ3n) is 5.16. The van der Waals surface area contributed by atoms with E-state index < -0.39 is 0 Å². The number of carbonyl (C=O) groups is 1. The molecule has 0 radical (unpaired) electrons. The van der Waals surface area contributed by atoms with Crippen molar-refractivity contribution in [2.24, 2.45) is 0 Å². The Morgan fingerprint density at radius 1 is 1.10 bits per heavy atom. The van der Waals surface area contributed by atoms with E-state index in [1.54, 1.807) is 19.5 Å². The topological polar surface area (TPSA) is 74.0 Å². The number of methoxy groups -OCH3 is 1. The van der Waals surface area contributed by atoms with Gasteiger partial charge in [0.25, 0.3) is 5.91 Å².